The number of carbonyl (C=O) groups is 3. The van der Waals surface area contributed by atoms with Gasteiger partial charge in [-0.15, -0.1) is 0 Å². The van der Waals surface area contributed by atoms with Gasteiger partial charge in [0.1, 0.15) is 0 Å². The highest BCUT2D eigenvalue weighted by Gasteiger charge is 2.16. The van der Waals surface area contributed by atoms with Gasteiger partial charge in [-0.25, -0.2) is 10.2 Å². The molecule has 2 heterocycles. The Morgan fingerprint density at radius 1 is 1.11 bits per heavy atom. The Morgan fingerprint density at radius 2 is 1.96 bits per heavy atom. The fourth-order valence-corrected chi connectivity index (χ4v) is 3.23. The number of H-pyrrole nitrogens is 1. The normalized spacial score (nSPS) is 14.7. The van der Waals surface area contributed by atoms with Crippen LogP contribution in [0.3, 0.4) is 0 Å². The molecule has 144 valence electrons. The highest BCUT2D eigenvalue weighted by atomic mass is 16.2. The Labute approximate surface area is 157 Å². The van der Waals surface area contributed by atoms with Crippen LogP contribution < -0.4 is 16.2 Å². The van der Waals surface area contributed by atoms with Crippen LogP contribution in [0.2, 0.25) is 0 Å². The third-order valence-electron chi connectivity index (χ3n) is 4.69. The van der Waals surface area contributed by atoms with E-state index in [0.29, 0.717) is 31.5 Å². The predicted molar refractivity (Wildman–Crippen MR) is 102 cm³/mol. The van der Waals surface area contributed by atoms with Crippen LogP contribution in [0.4, 0.5) is 4.79 Å². The first-order chi connectivity index (χ1) is 13.1. The lowest BCUT2D eigenvalue weighted by molar-refractivity contribution is -0.130. The first-order valence-electron chi connectivity index (χ1n) is 9.33. The average molecular weight is 371 g/mol. The number of fused-ring (bicyclic) bond motifs is 1. The summed E-state index contributed by atoms with van der Waals surface area (Å²) >= 11 is 0. The largest absolute Gasteiger partial charge is 0.360 e. The topological polar surface area (TPSA) is 106 Å². The number of benzene rings is 1. The maximum Gasteiger partial charge on any atom is 0.333 e. The van der Waals surface area contributed by atoms with Crippen molar-refractivity contribution in [2.75, 3.05) is 19.6 Å². The van der Waals surface area contributed by atoms with E-state index >= 15 is 0 Å². The number of aromatic nitrogens is 1. The zero-order chi connectivity index (χ0) is 19.1. The number of para-hydroxylation sites is 1. The number of likely N-dealkylation sites (tertiary alicyclic amines) is 1. The monoisotopic (exact) mass is 371 g/mol. The molecule has 27 heavy (non-hydrogen) atoms. The van der Waals surface area contributed by atoms with Gasteiger partial charge >= 0.3 is 6.03 Å². The molecule has 8 nitrogen and oxygen atoms in total. The molecule has 0 saturated carbocycles. The summed E-state index contributed by atoms with van der Waals surface area (Å²) in [7, 11) is 0. The number of urea groups is 1. The van der Waals surface area contributed by atoms with E-state index in [2.05, 4.69) is 21.2 Å². The van der Waals surface area contributed by atoms with Gasteiger partial charge in [-0.3, -0.25) is 15.0 Å². The molecule has 1 aromatic heterocycles. The van der Waals surface area contributed by atoms with Crippen LogP contribution >= 0.6 is 0 Å². The third-order valence-corrected chi connectivity index (χ3v) is 4.69. The lowest BCUT2D eigenvalue weighted by atomic mass is 10.2. The lowest BCUT2D eigenvalue weighted by Crippen LogP contribution is -2.47. The van der Waals surface area contributed by atoms with Crippen LogP contribution in [-0.2, 0) is 4.79 Å². The van der Waals surface area contributed by atoms with Crippen molar-refractivity contribution >= 4 is 28.7 Å². The smallest absolute Gasteiger partial charge is 0.333 e. The Kier molecular flexibility index (Phi) is 6.30. The zero-order valence-electron chi connectivity index (χ0n) is 15.2. The average Bonchev–Trinajstić information content (AvgIpc) is 3.00. The minimum atomic E-state index is -0.481. The quantitative estimate of drug-likeness (QED) is 0.476. The van der Waals surface area contributed by atoms with E-state index in [4.69, 9.17) is 0 Å². The van der Waals surface area contributed by atoms with Gasteiger partial charge in [0.2, 0.25) is 5.91 Å². The van der Waals surface area contributed by atoms with Crippen molar-refractivity contribution in [3.05, 3.63) is 36.0 Å². The number of hydrazine groups is 1. The highest BCUT2D eigenvalue weighted by Crippen LogP contribution is 2.17. The predicted octanol–water partition coefficient (Wildman–Crippen LogP) is 1.90. The van der Waals surface area contributed by atoms with Gasteiger partial charge in [0.25, 0.3) is 5.91 Å². The Hall–Kier alpha value is -3.03. The van der Waals surface area contributed by atoms with E-state index in [9.17, 15) is 14.4 Å². The number of hydrogen-bond donors (Lipinski definition) is 4. The van der Waals surface area contributed by atoms with Crippen LogP contribution in [0.5, 0.6) is 0 Å². The number of rotatable bonds is 5. The minimum absolute atomic E-state index is 0.197. The maximum atomic E-state index is 12.2. The van der Waals surface area contributed by atoms with E-state index in [0.717, 1.165) is 36.7 Å². The molecular formula is C19H25N5O3. The van der Waals surface area contributed by atoms with Gasteiger partial charge in [-0.2, -0.15) is 0 Å². The van der Waals surface area contributed by atoms with Gasteiger partial charge in [0.15, 0.2) is 0 Å². The first-order valence-corrected chi connectivity index (χ1v) is 9.33. The summed E-state index contributed by atoms with van der Waals surface area (Å²) in [5, 5.41) is 3.47. The molecule has 4 N–H and O–H groups in total. The maximum absolute atomic E-state index is 12.2. The van der Waals surface area contributed by atoms with Crippen LogP contribution in [0.25, 0.3) is 10.9 Å². The summed E-state index contributed by atoms with van der Waals surface area (Å²) in [5.41, 5.74) is 6.07. The molecule has 0 aliphatic carbocycles. The second kappa shape index (κ2) is 9.07. The lowest BCUT2D eigenvalue weighted by Gasteiger charge is -2.20. The van der Waals surface area contributed by atoms with Gasteiger partial charge in [0.05, 0.1) is 5.56 Å². The molecule has 1 fully saturated rings. The third kappa shape index (κ3) is 4.99. The number of aromatic amines is 1. The molecule has 0 atom stereocenters. The molecule has 4 amide bonds. The fraction of sp³-hybridized carbons (Fsp3) is 0.421. The Balaban J connectivity index is 1.37. The standard InChI is InChI=1S/C19H25N5O3/c25-17-9-2-1-5-11-24(17)12-6-10-20-19(27)23-22-18(26)15-13-21-16-8-4-3-7-14(15)16/h3-4,7-8,13,21H,1-2,5-6,9-12H2,(H,22,26)(H2,20,23,27). The molecule has 0 radical (unpaired) electrons. The number of hydrogen-bond acceptors (Lipinski definition) is 3. The van der Waals surface area contributed by atoms with Crippen molar-refractivity contribution in [1.29, 1.82) is 0 Å². The molecule has 1 aliphatic rings. The van der Waals surface area contributed by atoms with E-state index < -0.39 is 11.9 Å². The Morgan fingerprint density at radius 3 is 2.85 bits per heavy atom. The van der Waals surface area contributed by atoms with E-state index in [-0.39, 0.29) is 5.91 Å². The number of amides is 4. The molecular weight excluding hydrogens is 346 g/mol. The molecule has 2 aromatic rings. The van der Waals surface area contributed by atoms with Gasteiger partial charge in [-0.05, 0) is 25.3 Å². The number of nitrogens with one attached hydrogen (secondary N) is 4. The van der Waals surface area contributed by atoms with Crippen LogP contribution in [0, 0.1) is 0 Å². The van der Waals surface area contributed by atoms with E-state index in [1.165, 1.54) is 0 Å². The summed E-state index contributed by atoms with van der Waals surface area (Å²) in [6, 6.07) is 6.96. The zero-order valence-corrected chi connectivity index (χ0v) is 15.2. The van der Waals surface area contributed by atoms with Gasteiger partial charge < -0.3 is 15.2 Å². The fourth-order valence-electron chi connectivity index (χ4n) is 3.23. The van der Waals surface area contributed by atoms with Gasteiger partial charge in [0, 0.05) is 43.2 Å². The van der Waals surface area contributed by atoms with Crippen LogP contribution in [0.1, 0.15) is 42.5 Å². The van der Waals surface area contributed by atoms with Crippen molar-refractivity contribution in [2.24, 2.45) is 0 Å². The first kappa shape index (κ1) is 18.8. The van der Waals surface area contributed by atoms with Crippen molar-refractivity contribution in [1.82, 2.24) is 26.1 Å². The van der Waals surface area contributed by atoms with Crippen molar-refractivity contribution < 1.29 is 14.4 Å². The second-order valence-electron chi connectivity index (χ2n) is 6.63. The molecule has 1 saturated heterocycles. The van der Waals surface area contributed by atoms with E-state index in [1.54, 1.807) is 6.20 Å². The summed E-state index contributed by atoms with van der Waals surface area (Å²) in [6.45, 7) is 1.87. The van der Waals surface area contributed by atoms with E-state index in [1.807, 2.05) is 29.2 Å². The number of nitrogens with zero attached hydrogens (tertiary/aromatic N) is 1. The molecule has 8 heteroatoms. The van der Waals surface area contributed by atoms with Crippen molar-refractivity contribution in [2.45, 2.75) is 32.1 Å². The minimum Gasteiger partial charge on any atom is -0.360 e. The summed E-state index contributed by atoms with van der Waals surface area (Å²) in [4.78, 5) is 40.8. The van der Waals surface area contributed by atoms with Crippen LogP contribution in [0.15, 0.2) is 30.5 Å². The molecule has 3 rings (SSSR count). The molecule has 1 aromatic carbocycles. The SMILES string of the molecule is O=C(NCCCN1CCCCCC1=O)NNC(=O)c1c[nH]c2ccccc12. The summed E-state index contributed by atoms with van der Waals surface area (Å²) < 4.78 is 0. The number of carbonyl (C=O) groups excluding carboxylic acids is 3. The summed E-state index contributed by atoms with van der Waals surface area (Å²) in [5.74, 6) is -0.194. The summed E-state index contributed by atoms with van der Waals surface area (Å²) in [6.07, 6.45) is 6.01. The molecule has 1 aliphatic heterocycles. The second-order valence-corrected chi connectivity index (χ2v) is 6.63. The molecule has 0 bridgehead atoms. The Bertz CT molecular complexity index is 817. The molecule has 0 unspecified atom stereocenters. The van der Waals surface area contributed by atoms with Gasteiger partial charge in [-0.1, -0.05) is 24.6 Å². The highest BCUT2D eigenvalue weighted by molar-refractivity contribution is 6.07. The molecule has 0 spiro atoms. The van der Waals surface area contributed by atoms with Crippen molar-refractivity contribution in [3.8, 4) is 0 Å². The van der Waals surface area contributed by atoms with Crippen LogP contribution in [-0.4, -0.2) is 47.4 Å². The van der Waals surface area contributed by atoms with Crippen molar-refractivity contribution in [3.63, 3.8) is 0 Å².